The highest BCUT2D eigenvalue weighted by molar-refractivity contribution is 6.07. The van der Waals surface area contributed by atoms with Gasteiger partial charge >= 0.3 is 0 Å². The Morgan fingerprint density at radius 3 is 1.18 bits per heavy atom. The minimum atomic E-state index is -0.258. The number of benzene rings is 11. The second kappa shape index (κ2) is 18.2. The van der Waals surface area contributed by atoms with E-state index in [2.05, 4.69) is 302 Å². The van der Waals surface area contributed by atoms with Crippen molar-refractivity contribution in [3.63, 3.8) is 0 Å². The Bertz CT molecular complexity index is 3830. The van der Waals surface area contributed by atoms with Gasteiger partial charge in [-0.25, -0.2) is 0 Å². The zero-order chi connectivity index (χ0) is 48.9. The van der Waals surface area contributed by atoms with Crippen LogP contribution in [-0.2, 0) is 5.41 Å². The van der Waals surface area contributed by atoms with Crippen molar-refractivity contribution in [2.45, 2.75) is 19.3 Å². The maximum Gasteiger partial charge on any atom is 0.0619 e. The average molecular weight is 933 g/mol. The lowest BCUT2D eigenvalue weighted by Crippen LogP contribution is -2.16. The molecule has 0 saturated carbocycles. The lowest BCUT2D eigenvalue weighted by molar-refractivity contribution is 0.660. The van der Waals surface area contributed by atoms with Crippen LogP contribution in [0.15, 0.2) is 279 Å². The molecular formula is C71H52N2. The second-order valence-corrected chi connectivity index (χ2v) is 19.7. The van der Waals surface area contributed by atoms with Crippen molar-refractivity contribution in [2.75, 3.05) is 4.90 Å². The number of anilines is 3. The first-order valence-corrected chi connectivity index (χ1v) is 25.3. The van der Waals surface area contributed by atoms with Gasteiger partial charge in [0.25, 0.3) is 0 Å². The van der Waals surface area contributed by atoms with Crippen molar-refractivity contribution >= 4 is 28.0 Å². The normalized spacial score (nSPS) is 12.4. The molecule has 11 aromatic carbocycles. The fraction of sp³-hybridized carbons (Fsp3) is 0.0423. The first-order valence-electron chi connectivity index (χ1n) is 25.3. The van der Waals surface area contributed by atoms with Crippen LogP contribution in [0.4, 0.5) is 17.1 Å². The first kappa shape index (κ1) is 43.8. The van der Waals surface area contributed by atoms with Crippen molar-refractivity contribution in [3.8, 4) is 83.7 Å². The Kier molecular flexibility index (Phi) is 10.9. The van der Waals surface area contributed by atoms with Crippen LogP contribution in [0.25, 0.3) is 94.6 Å². The summed E-state index contributed by atoms with van der Waals surface area (Å²) in [5.74, 6) is 0. The van der Waals surface area contributed by atoms with E-state index >= 15 is 0 Å². The SMILES string of the molecule is CC1(C)c2cc(-c3ccc4c(c3)c(-c3ccccc3)c(-c3ccccc3)n4-c3ccc(-c4ccccc4)cc3)ccc2-c2ccc(N(c3ccc(-c4ccccc4)cc3)c3ccc(-c4ccccc4)cc3)cc21. The predicted molar refractivity (Wildman–Crippen MR) is 308 cm³/mol. The molecule has 73 heavy (non-hydrogen) atoms. The van der Waals surface area contributed by atoms with E-state index < -0.39 is 0 Å². The predicted octanol–water partition coefficient (Wildman–Crippen LogP) is 19.4. The molecule has 0 atom stereocenters. The van der Waals surface area contributed by atoms with Gasteiger partial charge in [-0.05, 0) is 145 Å². The second-order valence-electron chi connectivity index (χ2n) is 19.7. The highest BCUT2D eigenvalue weighted by Gasteiger charge is 2.36. The molecule has 0 radical (unpaired) electrons. The number of hydrogen-bond acceptors (Lipinski definition) is 1. The molecule has 2 nitrogen and oxygen atoms in total. The zero-order valence-electron chi connectivity index (χ0n) is 41.0. The molecule has 346 valence electrons. The van der Waals surface area contributed by atoms with E-state index in [4.69, 9.17) is 0 Å². The summed E-state index contributed by atoms with van der Waals surface area (Å²) in [6.45, 7) is 4.79. The smallest absolute Gasteiger partial charge is 0.0619 e. The summed E-state index contributed by atoms with van der Waals surface area (Å²) in [4.78, 5) is 2.40. The minimum Gasteiger partial charge on any atom is -0.310 e. The lowest BCUT2D eigenvalue weighted by Gasteiger charge is -2.28. The Balaban J connectivity index is 0.907. The molecular weight excluding hydrogens is 881 g/mol. The van der Waals surface area contributed by atoms with Crippen molar-refractivity contribution < 1.29 is 0 Å². The quantitative estimate of drug-likeness (QED) is 0.133. The van der Waals surface area contributed by atoms with Gasteiger partial charge in [-0.1, -0.05) is 226 Å². The molecule has 1 aromatic heterocycles. The molecule has 1 heterocycles. The molecule has 0 unspecified atom stereocenters. The van der Waals surface area contributed by atoms with Crippen LogP contribution >= 0.6 is 0 Å². The summed E-state index contributed by atoms with van der Waals surface area (Å²) < 4.78 is 2.46. The topological polar surface area (TPSA) is 8.17 Å². The molecule has 0 bridgehead atoms. The molecule has 1 aliphatic rings. The molecule has 0 N–H and O–H groups in total. The van der Waals surface area contributed by atoms with Crippen LogP contribution in [-0.4, -0.2) is 4.57 Å². The van der Waals surface area contributed by atoms with E-state index in [1.807, 2.05) is 0 Å². The maximum atomic E-state index is 2.46. The lowest BCUT2D eigenvalue weighted by atomic mass is 9.81. The van der Waals surface area contributed by atoms with Crippen LogP contribution in [0.3, 0.4) is 0 Å². The van der Waals surface area contributed by atoms with Crippen molar-refractivity contribution in [1.82, 2.24) is 4.57 Å². The van der Waals surface area contributed by atoms with Crippen LogP contribution in [0.5, 0.6) is 0 Å². The van der Waals surface area contributed by atoms with Crippen LogP contribution in [0, 0.1) is 0 Å². The summed E-state index contributed by atoms with van der Waals surface area (Å²) in [6.07, 6.45) is 0. The van der Waals surface area contributed by atoms with Gasteiger partial charge in [0.1, 0.15) is 0 Å². The standard InChI is InChI=1S/C71H52N2/c1-71(2)66-47-58(57-35-45-68-65(46-57)69(55-24-14-6-15-25-55)70(56-26-16-7-17-27-56)73(68)61-40-32-54(33-41-61)51-22-12-5-13-23-51)34-43-63(66)64-44-42-62(48-67(64)71)72(59-36-28-52(29-37-59)49-18-8-3-9-19-49)60-38-30-53(31-39-60)50-20-10-4-11-21-50/h3-48H,1-2H3. The van der Waals surface area contributed by atoms with Crippen molar-refractivity contribution in [2.24, 2.45) is 0 Å². The molecule has 12 aromatic rings. The highest BCUT2D eigenvalue weighted by atomic mass is 15.1. The number of rotatable bonds is 10. The highest BCUT2D eigenvalue weighted by Crippen LogP contribution is 2.52. The number of aromatic nitrogens is 1. The number of fused-ring (bicyclic) bond motifs is 4. The van der Waals surface area contributed by atoms with Crippen LogP contribution in [0.1, 0.15) is 25.0 Å². The maximum absolute atomic E-state index is 2.46. The molecule has 0 saturated heterocycles. The Labute approximate surface area is 428 Å². The molecule has 0 spiro atoms. The van der Waals surface area contributed by atoms with Gasteiger partial charge in [0.15, 0.2) is 0 Å². The van der Waals surface area contributed by atoms with Crippen molar-refractivity contribution in [3.05, 3.63) is 290 Å². The molecule has 2 heteroatoms. The fourth-order valence-electron chi connectivity index (χ4n) is 11.3. The summed E-state index contributed by atoms with van der Waals surface area (Å²) in [6, 6.07) is 102. The Morgan fingerprint density at radius 2 is 0.671 bits per heavy atom. The van der Waals surface area contributed by atoms with E-state index in [0.717, 1.165) is 22.7 Å². The average Bonchev–Trinajstić information content (AvgIpc) is 3.92. The van der Waals surface area contributed by atoms with Gasteiger partial charge in [-0.3, -0.25) is 0 Å². The third-order valence-corrected chi connectivity index (χ3v) is 15.0. The number of nitrogens with zero attached hydrogens (tertiary/aromatic N) is 2. The van der Waals surface area contributed by atoms with E-state index in [9.17, 15) is 0 Å². The summed E-state index contributed by atoms with van der Waals surface area (Å²) >= 11 is 0. The molecule has 0 amide bonds. The van der Waals surface area contributed by atoms with E-state index in [1.54, 1.807) is 0 Å². The first-order chi connectivity index (χ1) is 36.0. The monoisotopic (exact) mass is 932 g/mol. The van der Waals surface area contributed by atoms with Gasteiger partial charge in [-0.2, -0.15) is 0 Å². The van der Waals surface area contributed by atoms with E-state index in [0.29, 0.717) is 0 Å². The summed E-state index contributed by atoms with van der Waals surface area (Å²) in [7, 11) is 0. The van der Waals surface area contributed by atoms with Gasteiger partial charge in [0.2, 0.25) is 0 Å². The van der Waals surface area contributed by atoms with Crippen LogP contribution in [0.2, 0.25) is 0 Å². The molecule has 0 aliphatic heterocycles. The molecule has 13 rings (SSSR count). The third kappa shape index (κ3) is 7.85. The van der Waals surface area contributed by atoms with Crippen LogP contribution < -0.4 is 4.90 Å². The summed E-state index contributed by atoms with van der Waals surface area (Å²) in [5, 5.41) is 1.22. The van der Waals surface area contributed by atoms with Crippen molar-refractivity contribution in [1.29, 1.82) is 0 Å². The third-order valence-electron chi connectivity index (χ3n) is 15.0. The van der Waals surface area contributed by atoms with Gasteiger partial charge < -0.3 is 9.47 Å². The van der Waals surface area contributed by atoms with Gasteiger partial charge in [-0.15, -0.1) is 0 Å². The fourth-order valence-corrected chi connectivity index (χ4v) is 11.3. The van der Waals surface area contributed by atoms with E-state index in [1.165, 1.54) is 100 Å². The van der Waals surface area contributed by atoms with E-state index in [-0.39, 0.29) is 5.41 Å². The molecule has 0 fully saturated rings. The number of hydrogen-bond donors (Lipinski definition) is 0. The van der Waals surface area contributed by atoms with Gasteiger partial charge in [0.05, 0.1) is 11.2 Å². The Hall–Kier alpha value is -9.24. The van der Waals surface area contributed by atoms with Gasteiger partial charge in [0, 0.05) is 39.1 Å². The Morgan fingerprint density at radius 1 is 0.301 bits per heavy atom. The summed E-state index contributed by atoms with van der Waals surface area (Å²) in [5.41, 5.74) is 25.1. The zero-order valence-corrected chi connectivity index (χ0v) is 41.0. The largest absolute Gasteiger partial charge is 0.310 e. The minimum absolute atomic E-state index is 0.258. The molecule has 1 aliphatic carbocycles.